The van der Waals surface area contributed by atoms with Gasteiger partial charge in [0.25, 0.3) is 0 Å². The number of benzene rings is 6. The molecule has 0 aliphatic heterocycles. The van der Waals surface area contributed by atoms with Crippen molar-refractivity contribution in [3.63, 3.8) is 0 Å². The predicted octanol–water partition coefficient (Wildman–Crippen LogP) is 10.5. The molecule has 0 bridgehead atoms. The molecule has 0 radical (unpaired) electrons. The average molecular weight is 890 g/mol. The molecule has 2 atom stereocenters. The van der Waals surface area contributed by atoms with Crippen molar-refractivity contribution in [3.8, 4) is 11.1 Å². The number of hydrogen-bond acceptors (Lipinski definition) is 2. The third kappa shape index (κ3) is 7.79. The Kier molecular flexibility index (Phi) is 14.4. The summed E-state index contributed by atoms with van der Waals surface area (Å²) in [5.41, 5.74) is 1.84. The molecule has 0 saturated carbocycles. The molecule has 2 unspecified atom stereocenters. The van der Waals surface area contributed by atoms with Crippen LogP contribution in [0.2, 0.25) is 3.86 Å². The monoisotopic (exact) mass is 888 g/mol. The van der Waals surface area contributed by atoms with E-state index in [-0.39, 0.29) is 3.86 Å². The molecule has 0 amide bonds. The van der Waals surface area contributed by atoms with E-state index in [1.54, 1.807) is 6.08 Å². The van der Waals surface area contributed by atoms with Crippen LogP contribution < -0.4 is 14.0 Å². The zero-order valence-electron chi connectivity index (χ0n) is 30.8. The molecular weight excluding hydrogens is 840 g/mol. The largest absolute Gasteiger partial charge is 0.0683 e. The van der Waals surface area contributed by atoms with E-state index in [2.05, 4.69) is 61.7 Å². The Morgan fingerprint density at radius 2 is 1.00 bits per heavy atom. The van der Waals surface area contributed by atoms with Gasteiger partial charge in [-0.3, -0.25) is 0 Å². The van der Waals surface area contributed by atoms with E-state index < -0.39 is 37.6 Å². The maximum Gasteiger partial charge on any atom is -0.0683 e. The number of hydrogen-bond donors (Lipinski definition) is 0. The summed E-state index contributed by atoms with van der Waals surface area (Å²) in [4.78, 5) is 0. The van der Waals surface area contributed by atoms with E-state index in [0.29, 0.717) is 0 Å². The zero-order valence-corrected chi connectivity index (χ0v) is 35.9. The molecule has 0 saturated heterocycles. The molecule has 4 heteroatoms. The minimum absolute atomic E-state index is 0.248. The van der Waals surface area contributed by atoms with Gasteiger partial charge in [-0.1, -0.05) is 19.9 Å². The molecule has 6 rings (SSSR count). The Bertz CT molecular complexity index is 2220. The van der Waals surface area contributed by atoms with Crippen LogP contribution in [-0.2, 0) is 6.03 Å². The van der Waals surface area contributed by atoms with E-state index in [1.807, 2.05) is 151 Å². The van der Waals surface area contributed by atoms with E-state index in [1.165, 1.54) is 0 Å². The Balaban J connectivity index is 0.00000111. The zero-order chi connectivity index (χ0) is 37.0. The molecule has 0 spiro atoms. The smallest absolute Gasteiger partial charge is 0.0683 e. The van der Waals surface area contributed by atoms with Gasteiger partial charge in [0, 0.05) is 0 Å². The maximum absolute atomic E-state index is 16.2. The predicted molar refractivity (Wildman–Crippen MR) is 227 cm³/mol. The minimum Gasteiger partial charge on any atom is -0.0683 e. The second-order valence-corrected chi connectivity index (χ2v) is 28.6. The van der Waals surface area contributed by atoms with Crippen LogP contribution >= 0.6 is 0 Å². The van der Waals surface area contributed by atoms with Crippen molar-refractivity contribution in [2.75, 3.05) is 0 Å². The summed E-state index contributed by atoms with van der Waals surface area (Å²) in [6.07, 6.45) is 9.58. The SMILES string of the molecule is C=CC.C=C[CH](C)[Sb](=[O])([C](/C=C\C)=C/C)[c]1ccc2ccccc2c1-c1[c]([Sb](=[O])([c]2ccccc2)[c]2ccccc2)ccc2ccccc12.CC. The Hall–Kier alpha value is -3.96. The standard InChI is InChI=1S/C20H12.2C6H5.C6H9.C4H7.C3H6.C2H6.2O.2Sb/c1-3-11-17-15(7-1)9-5-13-19(17)20-14-6-10-16-8-2-4-12-18(16)20;2*1-2-4-6-5-3-1;1-3-5-6-4-2;1-3-4-2;1-3-2;1-2;;;;/h1-12H;2*1-5H;3-5H,1-2H3;3-4H,1H2,2H3;3H,1H2,2H3;1-2H3;;;;/b;;;5-3-,6-4?;;;;;;;. The van der Waals surface area contributed by atoms with E-state index in [0.717, 1.165) is 50.2 Å². The Labute approximate surface area is 313 Å². The first-order valence-corrected chi connectivity index (χ1v) is 27.6. The van der Waals surface area contributed by atoms with Crippen molar-refractivity contribution in [3.05, 3.63) is 181 Å². The fraction of sp³-hybridized carbons (Fsp3) is 0.149. The summed E-state index contributed by atoms with van der Waals surface area (Å²) in [5.74, 6) is 0. The van der Waals surface area contributed by atoms with Gasteiger partial charge in [0.15, 0.2) is 0 Å². The number of fused-ring (bicyclic) bond motifs is 2. The first kappa shape index (κ1) is 39.8. The van der Waals surface area contributed by atoms with Gasteiger partial charge in [-0.2, -0.15) is 0 Å². The van der Waals surface area contributed by atoms with Crippen LogP contribution in [0.4, 0.5) is 0 Å². The normalized spacial score (nSPS) is 13.3. The molecule has 6 aromatic carbocycles. The summed E-state index contributed by atoms with van der Waals surface area (Å²) in [6.45, 7) is 19.4. The van der Waals surface area contributed by atoms with Crippen LogP contribution in [0.15, 0.2) is 181 Å². The number of rotatable bonds is 9. The van der Waals surface area contributed by atoms with E-state index in [4.69, 9.17) is 0 Å². The van der Waals surface area contributed by atoms with E-state index in [9.17, 15) is 0 Å². The molecule has 0 aromatic heterocycles. The molecular formula is C47H50O2Sb2. The quantitative estimate of drug-likeness (QED) is 0.0824. The topological polar surface area (TPSA) is 34.1 Å². The third-order valence-corrected chi connectivity index (χ3v) is 28.1. The summed E-state index contributed by atoms with van der Waals surface area (Å²) >= 11 is -9.41. The van der Waals surface area contributed by atoms with Gasteiger partial charge in [-0.05, 0) is 6.92 Å². The first-order valence-electron chi connectivity index (χ1n) is 17.7. The summed E-state index contributed by atoms with van der Waals surface area (Å²) in [5, 5.41) is 4.11. The Morgan fingerprint density at radius 3 is 1.43 bits per heavy atom. The van der Waals surface area contributed by atoms with Gasteiger partial charge in [-0.15, -0.1) is 6.58 Å². The summed E-state index contributed by atoms with van der Waals surface area (Å²) < 4.78 is 36.2. The van der Waals surface area contributed by atoms with Gasteiger partial charge in [0.2, 0.25) is 0 Å². The van der Waals surface area contributed by atoms with Crippen LogP contribution in [0, 0.1) is 0 Å². The van der Waals surface area contributed by atoms with Gasteiger partial charge in [0.05, 0.1) is 0 Å². The molecule has 0 fully saturated rings. The van der Waals surface area contributed by atoms with Crippen molar-refractivity contribution >= 4 is 73.2 Å². The van der Waals surface area contributed by atoms with Gasteiger partial charge in [-0.25, -0.2) is 0 Å². The molecule has 6 aromatic rings. The number of allylic oxidation sites excluding steroid dienone is 6. The molecule has 2 nitrogen and oxygen atoms in total. The average Bonchev–Trinajstić information content (AvgIpc) is 3.20. The fourth-order valence-electron chi connectivity index (χ4n) is 6.60. The van der Waals surface area contributed by atoms with Crippen LogP contribution in [-0.4, -0.2) is 37.6 Å². The minimum atomic E-state index is -4.78. The molecule has 0 aliphatic rings. The summed E-state index contributed by atoms with van der Waals surface area (Å²) in [6, 6.07) is 44.9. The van der Waals surface area contributed by atoms with Crippen molar-refractivity contribution in [1.82, 2.24) is 0 Å². The molecule has 0 aliphatic carbocycles. The van der Waals surface area contributed by atoms with Gasteiger partial charge < -0.3 is 0 Å². The van der Waals surface area contributed by atoms with Crippen molar-refractivity contribution in [2.24, 2.45) is 0 Å². The van der Waals surface area contributed by atoms with Crippen LogP contribution in [0.5, 0.6) is 0 Å². The van der Waals surface area contributed by atoms with Crippen molar-refractivity contribution < 1.29 is 6.03 Å². The van der Waals surface area contributed by atoms with Gasteiger partial charge in [0.1, 0.15) is 0 Å². The third-order valence-electron chi connectivity index (χ3n) is 8.93. The molecule has 0 heterocycles. The molecule has 51 heavy (non-hydrogen) atoms. The molecule has 260 valence electrons. The van der Waals surface area contributed by atoms with Crippen molar-refractivity contribution in [2.45, 2.75) is 45.4 Å². The summed E-state index contributed by atoms with van der Waals surface area (Å²) in [7, 11) is 0. The Morgan fingerprint density at radius 1 is 0.588 bits per heavy atom. The second-order valence-electron chi connectivity index (χ2n) is 11.9. The second kappa shape index (κ2) is 18.5. The van der Waals surface area contributed by atoms with Crippen LogP contribution in [0.3, 0.4) is 0 Å². The molecule has 0 N–H and O–H groups in total. The fourth-order valence-corrected chi connectivity index (χ4v) is 23.6. The first-order chi connectivity index (χ1) is 24.8. The maximum atomic E-state index is 16.2. The van der Waals surface area contributed by atoms with Crippen LogP contribution in [0.1, 0.15) is 41.5 Å². The van der Waals surface area contributed by atoms with E-state index >= 15 is 6.03 Å². The van der Waals surface area contributed by atoms with Crippen molar-refractivity contribution in [1.29, 1.82) is 0 Å². The van der Waals surface area contributed by atoms with Crippen LogP contribution in [0.25, 0.3) is 32.7 Å². The van der Waals surface area contributed by atoms with Gasteiger partial charge >= 0.3 is 283 Å².